The number of aryl methyl sites for hydroxylation is 2. The van der Waals surface area contributed by atoms with E-state index in [1.54, 1.807) is 44.5 Å². The lowest BCUT2D eigenvalue weighted by Crippen LogP contribution is -2.29. The summed E-state index contributed by atoms with van der Waals surface area (Å²) in [6, 6.07) is 9.57. The number of methoxy groups -OCH3 is 1. The summed E-state index contributed by atoms with van der Waals surface area (Å²) in [5.74, 6) is -2.07. The number of nitrogens with zero attached hydrogens (tertiary/aromatic N) is 2. The van der Waals surface area contributed by atoms with E-state index in [0.29, 0.717) is 22.4 Å². The number of ketones is 1. The number of ether oxygens (including phenoxy) is 1. The summed E-state index contributed by atoms with van der Waals surface area (Å²) in [6.07, 6.45) is 3.06. The molecule has 1 fully saturated rings. The lowest BCUT2D eigenvalue weighted by atomic mass is 9.93. The largest absolute Gasteiger partial charge is 0.507 e. The maximum Gasteiger partial charge on any atom is 0.300 e. The molecule has 1 aromatic heterocycles. The summed E-state index contributed by atoms with van der Waals surface area (Å²) >= 11 is 5.95. The van der Waals surface area contributed by atoms with Crippen molar-refractivity contribution >= 4 is 34.7 Å². The minimum absolute atomic E-state index is 0.0962. The minimum Gasteiger partial charge on any atom is -0.507 e. The van der Waals surface area contributed by atoms with E-state index in [-0.39, 0.29) is 22.0 Å². The smallest absolute Gasteiger partial charge is 0.300 e. The lowest BCUT2D eigenvalue weighted by molar-refractivity contribution is -0.132. The molecule has 8 heteroatoms. The molecule has 1 aliphatic rings. The van der Waals surface area contributed by atoms with Crippen LogP contribution in [0.1, 0.15) is 28.3 Å². The molecule has 0 saturated carbocycles. The predicted molar refractivity (Wildman–Crippen MR) is 123 cm³/mol. The molecule has 33 heavy (non-hydrogen) atoms. The van der Waals surface area contributed by atoms with Gasteiger partial charge in [-0.1, -0.05) is 17.7 Å². The van der Waals surface area contributed by atoms with Crippen LogP contribution in [0.3, 0.4) is 0 Å². The Morgan fingerprint density at radius 2 is 1.91 bits per heavy atom. The molecule has 6 nitrogen and oxygen atoms in total. The number of rotatable bonds is 4. The molecule has 3 aromatic rings. The van der Waals surface area contributed by atoms with Crippen molar-refractivity contribution in [1.29, 1.82) is 0 Å². The van der Waals surface area contributed by atoms with Gasteiger partial charge in [-0.15, -0.1) is 0 Å². The number of pyridine rings is 1. The van der Waals surface area contributed by atoms with E-state index in [9.17, 15) is 19.1 Å². The highest BCUT2D eigenvalue weighted by Gasteiger charge is 2.47. The zero-order valence-corrected chi connectivity index (χ0v) is 18.9. The Morgan fingerprint density at radius 3 is 2.55 bits per heavy atom. The SMILES string of the molecule is COc1cc(C)c(/C(O)=C2\C(=O)C(=O)N(c3ccc(F)c(Cl)c3)C2c2cccnc2)cc1C. The van der Waals surface area contributed by atoms with E-state index in [0.717, 1.165) is 11.6 Å². The molecule has 1 aliphatic heterocycles. The number of carbonyl (C=O) groups is 2. The van der Waals surface area contributed by atoms with Crippen LogP contribution < -0.4 is 9.64 Å². The number of aromatic nitrogens is 1. The molecule has 1 N–H and O–H groups in total. The molecule has 2 aromatic carbocycles. The number of benzene rings is 2. The molecule has 0 spiro atoms. The Morgan fingerprint density at radius 1 is 1.15 bits per heavy atom. The van der Waals surface area contributed by atoms with Gasteiger partial charge in [-0.2, -0.15) is 0 Å². The summed E-state index contributed by atoms with van der Waals surface area (Å²) in [5.41, 5.74) is 2.44. The predicted octanol–water partition coefficient (Wildman–Crippen LogP) is 5.13. The van der Waals surface area contributed by atoms with E-state index < -0.39 is 23.5 Å². The molecule has 1 amide bonds. The molecular weight excluding hydrogens is 447 g/mol. The van der Waals surface area contributed by atoms with E-state index in [1.165, 1.54) is 23.2 Å². The Balaban J connectivity index is 1.97. The van der Waals surface area contributed by atoms with Crippen molar-refractivity contribution in [2.45, 2.75) is 19.9 Å². The number of halogens is 2. The van der Waals surface area contributed by atoms with Crippen LogP contribution >= 0.6 is 11.6 Å². The topological polar surface area (TPSA) is 79.7 Å². The highest BCUT2D eigenvalue weighted by Crippen LogP contribution is 2.43. The second-order valence-corrected chi connectivity index (χ2v) is 8.10. The first kappa shape index (κ1) is 22.5. The average molecular weight is 467 g/mol. The molecule has 1 unspecified atom stereocenters. The second-order valence-electron chi connectivity index (χ2n) is 7.69. The number of hydrogen-bond donors (Lipinski definition) is 1. The molecular formula is C25H20ClFN2O4. The van der Waals surface area contributed by atoms with E-state index in [2.05, 4.69) is 4.98 Å². The fourth-order valence-electron chi connectivity index (χ4n) is 4.00. The maximum atomic E-state index is 13.8. The van der Waals surface area contributed by atoms with E-state index in [4.69, 9.17) is 16.3 Å². The molecule has 168 valence electrons. The van der Waals surface area contributed by atoms with Gasteiger partial charge in [-0.05, 0) is 66.9 Å². The molecule has 0 aliphatic carbocycles. The summed E-state index contributed by atoms with van der Waals surface area (Å²) in [4.78, 5) is 31.6. The van der Waals surface area contributed by atoms with Gasteiger partial charge in [0.05, 0.1) is 23.7 Å². The number of anilines is 1. The fourth-order valence-corrected chi connectivity index (χ4v) is 4.17. The van der Waals surface area contributed by atoms with Crippen molar-refractivity contribution in [3.63, 3.8) is 0 Å². The van der Waals surface area contributed by atoms with Crippen LogP contribution in [0.4, 0.5) is 10.1 Å². The van der Waals surface area contributed by atoms with E-state index in [1.807, 2.05) is 6.92 Å². The minimum atomic E-state index is -0.984. The van der Waals surface area contributed by atoms with Crippen LogP contribution in [0.25, 0.3) is 5.76 Å². The summed E-state index contributed by atoms with van der Waals surface area (Å²) in [5, 5.41) is 11.1. The Labute approximate surface area is 194 Å². The molecule has 0 bridgehead atoms. The Hall–Kier alpha value is -3.71. The molecule has 2 heterocycles. The monoisotopic (exact) mass is 466 g/mol. The average Bonchev–Trinajstić information content (AvgIpc) is 3.07. The van der Waals surface area contributed by atoms with Crippen molar-refractivity contribution < 1.29 is 23.8 Å². The molecule has 1 atom stereocenters. The standard InChI is InChI=1S/C25H20ClFN2O4/c1-13-10-20(33-3)14(2)9-17(13)23(30)21-22(15-5-4-8-28-12-15)29(25(32)24(21)31)16-6-7-19(27)18(26)11-16/h4-12,22,30H,1-3H3/b23-21+. The summed E-state index contributed by atoms with van der Waals surface area (Å²) < 4.78 is 19.1. The van der Waals surface area contributed by atoms with Gasteiger partial charge >= 0.3 is 0 Å². The van der Waals surface area contributed by atoms with Crippen molar-refractivity contribution in [1.82, 2.24) is 4.98 Å². The van der Waals surface area contributed by atoms with Crippen molar-refractivity contribution in [3.05, 3.63) is 93.5 Å². The van der Waals surface area contributed by atoms with Gasteiger partial charge in [0, 0.05) is 23.6 Å². The molecule has 4 rings (SSSR count). The number of hydrogen-bond acceptors (Lipinski definition) is 5. The first-order valence-corrected chi connectivity index (χ1v) is 10.4. The number of aliphatic hydroxyl groups excluding tert-OH is 1. The van der Waals surface area contributed by atoms with Crippen LogP contribution in [-0.4, -0.2) is 28.9 Å². The fraction of sp³-hybridized carbons (Fsp3) is 0.160. The van der Waals surface area contributed by atoms with Crippen molar-refractivity contribution in [2.75, 3.05) is 12.0 Å². The number of carbonyl (C=O) groups excluding carboxylic acids is 2. The first-order chi connectivity index (χ1) is 15.7. The summed E-state index contributed by atoms with van der Waals surface area (Å²) in [6.45, 7) is 3.58. The number of aliphatic hydroxyl groups is 1. The van der Waals surface area contributed by atoms with Crippen LogP contribution in [0.2, 0.25) is 5.02 Å². The number of Topliss-reactive ketones (excluding diaryl/α,β-unsaturated/α-hetero) is 1. The van der Waals surface area contributed by atoms with Crippen molar-refractivity contribution in [2.24, 2.45) is 0 Å². The van der Waals surface area contributed by atoms with Crippen molar-refractivity contribution in [3.8, 4) is 5.75 Å². The van der Waals surface area contributed by atoms with E-state index >= 15 is 0 Å². The Bertz CT molecular complexity index is 1310. The van der Waals surface area contributed by atoms with Gasteiger partial charge in [-0.3, -0.25) is 19.5 Å². The van der Waals surface area contributed by atoms with Crippen LogP contribution in [0.5, 0.6) is 5.75 Å². The normalized spacial score (nSPS) is 17.5. The van der Waals surface area contributed by atoms with Crippen LogP contribution in [-0.2, 0) is 9.59 Å². The highest BCUT2D eigenvalue weighted by atomic mass is 35.5. The zero-order chi connectivity index (χ0) is 23.9. The van der Waals surface area contributed by atoms with Gasteiger partial charge in [0.25, 0.3) is 11.7 Å². The van der Waals surface area contributed by atoms with Gasteiger partial charge < -0.3 is 9.84 Å². The highest BCUT2D eigenvalue weighted by molar-refractivity contribution is 6.51. The summed E-state index contributed by atoms with van der Waals surface area (Å²) in [7, 11) is 1.54. The third-order valence-corrected chi connectivity index (χ3v) is 5.91. The van der Waals surface area contributed by atoms with Crippen LogP contribution in [0, 0.1) is 19.7 Å². The van der Waals surface area contributed by atoms with Gasteiger partial charge in [-0.25, -0.2) is 4.39 Å². The zero-order valence-electron chi connectivity index (χ0n) is 18.1. The Kier molecular flexibility index (Phi) is 5.91. The van der Waals surface area contributed by atoms with Gasteiger partial charge in [0.15, 0.2) is 0 Å². The molecule has 1 saturated heterocycles. The third-order valence-electron chi connectivity index (χ3n) is 5.62. The van der Waals surface area contributed by atoms with Gasteiger partial charge in [0.1, 0.15) is 17.3 Å². The van der Waals surface area contributed by atoms with Gasteiger partial charge in [0.2, 0.25) is 0 Å². The second kappa shape index (κ2) is 8.67. The third kappa shape index (κ3) is 3.85. The lowest BCUT2D eigenvalue weighted by Gasteiger charge is -2.25. The van der Waals surface area contributed by atoms with Crippen LogP contribution in [0.15, 0.2) is 60.4 Å². The quantitative estimate of drug-likeness (QED) is 0.328. The molecule has 0 radical (unpaired) electrons. The number of amides is 1. The maximum absolute atomic E-state index is 13.8. The first-order valence-electron chi connectivity index (χ1n) is 10.1.